The van der Waals surface area contributed by atoms with E-state index in [9.17, 15) is 0 Å². The molecule has 140 valence electrons. The maximum absolute atomic E-state index is 5.87. The molecule has 0 aliphatic heterocycles. The minimum atomic E-state index is 0.0283. The van der Waals surface area contributed by atoms with Gasteiger partial charge in [-0.15, -0.1) is 0 Å². The summed E-state index contributed by atoms with van der Waals surface area (Å²) in [5.41, 5.74) is 1.98. The van der Waals surface area contributed by atoms with Crippen LogP contribution in [0.2, 0.25) is 0 Å². The van der Waals surface area contributed by atoms with Crippen molar-refractivity contribution in [2.75, 3.05) is 5.32 Å². The Morgan fingerprint density at radius 2 is 2.04 bits per heavy atom. The van der Waals surface area contributed by atoms with Crippen LogP contribution in [0.5, 0.6) is 5.75 Å². The van der Waals surface area contributed by atoms with Gasteiger partial charge in [-0.1, -0.05) is 18.2 Å². The first kappa shape index (κ1) is 17.7. The number of anilines is 1. The number of aromatic nitrogens is 5. The average molecular weight is 372 g/mol. The molecule has 1 atom stereocenters. The second-order valence-electron chi connectivity index (χ2n) is 6.26. The monoisotopic (exact) mass is 372 g/mol. The van der Waals surface area contributed by atoms with Crippen molar-refractivity contribution in [2.45, 2.75) is 19.6 Å². The number of hydrogen-bond donors (Lipinski definition) is 1. The van der Waals surface area contributed by atoms with Crippen LogP contribution in [0, 0.1) is 0 Å². The topological polar surface area (TPSA) is 77.8 Å². The number of benzene rings is 1. The lowest BCUT2D eigenvalue weighted by Crippen LogP contribution is -2.10. The lowest BCUT2D eigenvalue weighted by Gasteiger charge is -2.16. The Morgan fingerprint density at radius 1 is 1.07 bits per heavy atom. The first-order valence-corrected chi connectivity index (χ1v) is 8.99. The minimum absolute atomic E-state index is 0.0283. The van der Waals surface area contributed by atoms with Gasteiger partial charge in [-0.05, 0) is 42.8 Å². The van der Waals surface area contributed by atoms with Gasteiger partial charge in [0.15, 0.2) is 5.82 Å². The molecule has 7 nitrogen and oxygen atoms in total. The Hall–Kier alpha value is -3.74. The molecule has 0 aliphatic rings. The molecule has 0 radical (unpaired) electrons. The summed E-state index contributed by atoms with van der Waals surface area (Å²) in [5.74, 6) is 2.14. The molecule has 28 heavy (non-hydrogen) atoms. The molecule has 3 aromatic heterocycles. The van der Waals surface area contributed by atoms with Crippen LogP contribution in [0.4, 0.5) is 5.82 Å². The highest BCUT2D eigenvalue weighted by Gasteiger charge is 2.09. The highest BCUT2D eigenvalue weighted by atomic mass is 16.5. The van der Waals surface area contributed by atoms with E-state index >= 15 is 0 Å². The predicted octanol–water partition coefficient (Wildman–Crippen LogP) is 3.81. The standard InChI is InChI=1S/C21H20N6O/c1-16(25-20-13-22-14-21(26-20)27-11-5-10-24-27)17-6-4-8-19(12-17)28-15-18-7-2-3-9-23-18/h2-14,16H,15H2,1H3,(H,25,26)/t16-/m1/s1. The van der Waals surface area contributed by atoms with E-state index in [1.807, 2.05) is 48.7 Å². The summed E-state index contributed by atoms with van der Waals surface area (Å²) in [5, 5.41) is 7.57. The van der Waals surface area contributed by atoms with Gasteiger partial charge >= 0.3 is 0 Å². The van der Waals surface area contributed by atoms with Crippen LogP contribution in [0.15, 0.2) is 79.5 Å². The number of ether oxygens (including phenoxy) is 1. The molecule has 0 amide bonds. The van der Waals surface area contributed by atoms with Crippen LogP contribution < -0.4 is 10.1 Å². The fraction of sp³-hybridized carbons (Fsp3) is 0.143. The normalized spacial score (nSPS) is 11.8. The Balaban J connectivity index is 1.43. The van der Waals surface area contributed by atoms with Crippen LogP contribution in [-0.2, 0) is 6.61 Å². The van der Waals surface area contributed by atoms with Gasteiger partial charge in [0, 0.05) is 18.6 Å². The van der Waals surface area contributed by atoms with Gasteiger partial charge in [0.05, 0.1) is 24.1 Å². The zero-order chi connectivity index (χ0) is 19.2. The summed E-state index contributed by atoms with van der Waals surface area (Å²) in [6, 6.07) is 15.7. The van der Waals surface area contributed by atoms with Gasteiger partial charge in [0.2, 0.25) is 0 Å². The van der Waals surface area contributed by atoms with E-state index in [0.717, 1.165) is 17.0 Å². The first-order valence-electron chi connectivity index (χ1n) is 8.99. The number of pyridine rings is 1. The average Bonchev–Trinajstić information content (AvgIpc) is 3.28. The quantitative estimate of drug-likeness (QED) is 0.531. The summed E-state index contributed by atoms with van der Waals surface area (Å²) in [6.45, 7) is 2.50. The van der Waals surface area contributed by atoms with Crippen molar-refractivity contribution in [2.24, 2.45) is 0 Å². The van der Waals surface area contributed by atoms with Crippen LogP contribution in [0.3, 0.4) is 0 Å². The van der Waals surface area contributed by atoms with Crippen molar-refractivity contribution in [3.8, 4) is 11.6 Å². The van der Waals surface area contributed by atoms with Gasteiger partial charge < -0.3 is 10.1 Å². The summed E-state index contributed by atoms with van der Waals surface area (Å²) in [6.07, 6.45) is 8.68. The molecule has 0 aliphatic carbocycles. The van der Waals surface area contributed by atoms with Crippen molar-refractivity contribution >= 4 is 5.82 Å². The number of nitrogens with zero attached hydrogens (tertiary/aromatic N) is 5. The smallest absolute Gasteiger partial charge is 0.173 e. The lowest BCUT2D eigenvalue weighted by molar-refractivity contribution is 0.301. The van der Waals surface area contributed by atoms with Crippen LogP contribution in [0.1, 0.15) is 24.2 Å². The van der Waals surface area contributed by atoms with E-state index in [4.69, 9.17) is 4.74 Å². The van der Waals surface area contributed by atoms with Gasteiger partial charge in [0.25, 0.3) is 0 Å². The van der Waals surface area contributed by atoms with Crippen molar-refractivity contribution < 1.29 is 4.74 Å². The molecule has 7 heteroatoms. The van der Waals surface area contributed by atoms with E-state index in [0.29, 0.717) is 18.2 Å². The third kappa shape index (κ3) is 4.32. The maximum Gasteiger partial charge on any atom is 0.173 e. The Bertz CT molecular complexity index is 1020. The Morgan fingerprint density at radius 3 is 2.86 bits per heavy atom. The zero-order valence-corrected chi connectivity index (χ0v) is 15.4. The molecular weight excluding hydrogens is 352 g/mol. The number of hydrogen-bond acceptors (Lipinski definition) is 6. The molecule has 0 fully saturated rings. The molecule has 0 unspecified atom stereocenters. The Labute approximate surface area is 163 Å². The van der Waals surface area contributed by atoms with E-state index in [1.165, 1.54) is 0 Å². The van der Waals surface area contributed by atoms with Gasteiger partial charge in [0.1, 0.15) is 18.2 Å². The zero-order valence-electron chi connectivity index (χ0n) is 15.4. The van der Waals surface area contributed by atoms with Crippen molar-refractivity contribution in [1.29, 1.82) is 0 Å². The van der Waals surface area contributed by atoms with Gasteiger partial charge in [-0.3, -0.25) is 9.97 Å². The Kier molecular flexibility index (Phi) is 5.24. The van der Waals surface area contributed by atoms with Crippen molar-refractivity contribution in [3.05, 3.63) is 90.8 Å². The van der Waals surface area contributed by atoms with E-state index in [-0.39, 0.29) is 6.04 Å². The van der Waals surface area contributed by atoms with Crippen LogP contribution in [0.25, 0.3) is 5.82 Å². The second kappa shape index (κ2) is 8.30. The molecule has 4 rings (SSSR count). The highest BCUT2D eigenvalue weighted by molar-refractivity contribution is 5.40. The molecule has 3 heterocycles. The molecule has 0 spiro atoms. The first-order chi connectivity index (χ1) is 13.8. The molecule has 4 aromatic rings. The van der Waals surface area contributed by atoms with Gasteiger partial charge in [-0.2, -0.15) is 5.10 Å². The molecule has 1 aromatic carbocycles. The number of rotatable bonds is 7. The van der Waals surface area contributed by atoms with Gasteiger partial charge in [-0.25, -0.2) is 9.67 Å². The van der Waals surface area contributed by atoms with Crippen LogP contribution in [-0.4, -0.2) is 24.7 Å². The fourth-order valence-corrected chi connectivity index (χ4v) is 2.76. The second-order valence-corrected chi connectivity index (χ2v) is 6.26. The van der Waals surface area contributed by atoms with E-state index in [1.54, 1.807) is 29.5 Å². The third-order valence-electron chi connectivity index (χ3n) is 4.20. The molecule has 1 N–H and O–H groups in total. The largest absolute Gasteiger partial charge is 0.487 e. The third-order valence-corrected chi connectivity index (χ3v) is 4.20. The maximum atomic E-state index is 5.87. The van der Waals surface area contributed by atoms with E-state index in [2.05, 4.69) is 38.4 Å². The fourth-order valence-electron chi connectivity index (χ4n) is 2.76. The van der Waals surface area contributed by atoms with Crippen molar-refractivity contribution in [1.82, 2.24) is 24.7 Å². The molecular formula is C21H20N6O. The summed E-state index contributed by atoms with van der Waals surface area (Å²) in [7, 11) is 0. The molecule has 0 saturated carbocycles. The van der Waals surface area contributed by atoms with Crippen LogP contribution >= 0.6 is 0 Å². The lowest BCUT2D eigenvalue weighted by atomic mass is 10.1. The number of nitrogens with one attached hydrogen (secondary N) is 1. The minimum Gasteiger partial charge on any atom is -0.487 e. The molecule has 0 bridgehead atoms. The predicted molar refractivity (Wildman–Crippen MR) is 106 cm³/mol. The summed E-state index contributed by atoms with van der Waals surface area (Å²) < 4.78 is 7.55. The summed E-state index contributed by atoms with van der Waals surface area (Å²) in [4.78, 5) is 13.1. The van der Waals surface area contributed by atoms with E-state index < -0.39 is 0 Å². The SMILES string of the molecule is C[C@@H](Nc1cncc(-n2cccn2)n1)c1cccc(OCc2ccccn2)c1. The van der Waals surface area contributed by atoms with Crippen molar-refractivity contribution in [3.63, 3.8) is 0 Å². The summed E-state index contributed by atoms with van der Waals surface area (Å²) >= 11 is 0. The molecule has 0 saturated heterocycles. The highest BCUT2D eigenvalue weighted by Crippen LogP contribution is 2.22.